The van der Waals surface area contributed by atoms with Gasteiger partial charge in [0, 0.05) is 17.0 Å². The van der Waals surface area contributed by atoms with Crippen molar-refractivity contribution >= 4 is 17.7 Å². The van der Waals surface area contributed by atoms with Crippen LogP contribution in [-0.2, 0) is 6.54 Å². The zero-order chi connectivity index (χ0) is 15.2. The van der Waals surface area contributed by atoms with Crippen LogP contribution in [0.25, 0.3) is 0 Å². The molecule has 0 saturated carbocycles. The summed E-state index contributed by atoms with van der Waals surface area (Å²) in [5.74, 6) is -3.54. The molecule has 0 spiro atoms. The van der Waals surface area contributed by atoms with Gasteiger partial charge in [-0.25, -0.2) is 4.39 Å². The van der Waals surface area contributed by atoms with Gasteiger partial charge >= 0.3 is 0 Å². The minimum atomic E-state index is -2.61. The molecular formula is C15H12F3NOS. The molecule has 1 N–H and O–H groups in total. The van der Waals surface area contributed by atoms with E-state index in [0.29, 0.717) is 17.3 Å². The van der Waals surface area contributed by atoms with E-state index in [1.807, 2.05) is 0 Å². The zero-order valence-electron chi connectivity index (χ0n) is 10.9. The fourth-order valence-electron chi connectivity index (χ4n) is 1.77. The number of hydrogen-bond acceptors (Lipinski definition) is 2. The van der Waals surface area contributed by atoms with Crippen LogP contribution in [0.5, 0.6) is 0 Å². The number of alkyl halides is 2. The largest absolute Gasteiger partial charge is 0.348 e. The van der Waals surface area contributed by atoms with E-state index in [9.17, 15) is 18.0 Å². The van der Waals surface area contributed by atoms with E-state index >= 15 is 0 Å². The topological polar surface area (TPSA) is 29.1 Å². The van der Waals surface area contributed by atoms with Crippen LogP contribution in [0, 0.1) is 5.82 Å². The molecule has 0 aromatic heterocycles. The van der Waals surface area contributed by atoms with E-state index in [2.05, 4.69) is 5.32 Å². The van der Waals surface area contributed by atoms with E-state index in [4.69, 9.17) is 0 Å². The van der Waals surface area contributed by atoms with E-state index in [1.165, 1.54) is 18.2 Å². The van der Waals surface area contributed by atoms with Crippen LogP contribution in [0.1, 0.15) is 15.9 Å². The predicted molar refractivity (Wildman–Crippen MR) is 75.9 cm³/mol. The zero-order valence-corrected chi connectivity index (χ0v) is 11.7. The molecule has 1 amide bonds. The van der Waals surface area contributed by atoms with Crippen molar-refractivity contribution in [2.45, 2.75) is 17.2 Å². The van der Waals surface area contributed by atoms with Crippen molar-refractivity contribution in [3.8, 4) is 0 Å². The number of nitrogens with one attached hydrogen (secondary N) is 1. The quantitative estimate of drug-likeness (QED) is 0.843. The first-order valence-corrected chi connectivity index (χ1v) is 7.01. The van der Waals surface area contributed by atoms with Gasteiger partial charge in [0.25, 0.3) is 11.7 Å². The summed E-state index contributed by atoms with van der Waals surface area (Å²) >= 11 is 0.310. The maximum Gasteiger partial charge on any atom is 0.288 e. The highest BCUT2D eigenvalue weighted by Gasteiger charge is 2.15. The molecule has 0 radical (unpaired) electrons. The molecule has 6 heteroatoms. The summed E-state index contributed by atoms with van der Waals surface area (Å²) in [6.07, 6.45) is 0. The molecule has 0 aliphatic carbocycles. The molecule has 2 aromatic rings. The molecule has 0 atom stereocenters. The molecule has 2 aromatic carbocycles. The Morgan fingerprint density at radius 2 is 1.76 bits per heavy atom. The number of carbonyl (C=O) groups is 1. The Balaban J connectivity index is 2.09. The lowest BCUT2D eigenvalue weighted by Gasteiger charge is -2.10. The van der Waals surface area contributed by atoms with Crippen molar-refractivity contribution in [2.24, 2.45) is 0 Å². The van der Waals surface area contributed by atoms with Gasteiger partial charge in [-0.2, -0.15) is 8.78 Å². The molecule has 110 valence electrons. The van der Waals surface area contributed by atoms with Gasteiger partial charge in [-0.15, -0.1) is 0 Å². The Hall–Kier alpha value is -1.95. The van der Waals surface area contributed by atoms with E-state index in [0.717, 1.165) is 0 Å². The van der Waals surface area contributed by atoms with E-state index in [-0.39, 0.29) is 17.0 Å². The standard InChI is InChI=1S/C15H12F3NOS/c16-12-7-3-1-5-10(12)9-19-14(20)11-6-2-4-8-13(11)21-15(17)18/h1-8,15H,9H2,(H,19,20). The van der Waals surface area contributed by atoms with Gasteiger partial charge in [0.15, 0.2) is 0 Å². The van der Waals surface area contributed by atoms with Gasteiger partial charge in [-0.3, -0.25) is 4.79 Å². The SMILES string of the molecule is O=C(NCc1ccccc1F)c1ccccc1SC(F)F. The molecule has 0 aliphatic rings. The summed E-state index contributed by atoms with van der Waals surface area (Å²) in [7, 11) is 0. The van der Waals surface area contributed by atoms with Crippen LogP contribution in [0.3, 0.4) is 0 Å². The summed E-state index contributed by atoms with van der Waals surface area (Å²) < 4.78 is 38.3. The molecule has 0 bridgehead atoms. The smallest absolute Gasteiger partial charge is 0.288 e. The fourth-order valence-corrected chi connectivity index (χ4v) is 2.40. The monoisotopic (exact) mass is 311 g/mol. The second-order valence-corrected chi connectivity index (χ2v) is 5.18. The first-order chi connectivity index (χ1) is 10.1. The maximum atomic E-state index is 13.4. The average Bonchev–Trinajstić information content (AvgIpc) is 2.46. The summed E-state index contributed by atoms with van der Waals surface area (Å²) in [4.78, 5) is 12.2. The second-order valence-electron chi connectivity index (χ2n) is 4.15. The molecule has 0 aliphatic heterocycles. The van der Waals surface area contributed by atoms with Crippen LogP contribution >= 0.6 is 11.8 Å². The summed E-state index contributed by atoms with van der Waals surface area (Å²) in [5.41, 5.74) is 0.490. The highest BCUT2D eigenvalue weighted by molar-refractivity contribution is 7.99. The Bertz CT molecular complexity index is 634. The highest BCUT2D eigenvalue weighted by Crippen LogP contribution is 2.28. The third-order valence-corrected chi connectivity index (χ3v) is 3.53. The summed E-state index contributed by atoms with van der Waals surface area (Å²) in [6.45, 7) is -0.000807. The van der Waals surface area contributed by atoms with Gasteiger partial charge in [0.1, 0.15) is 5.82 Å². The van der Waals surface area contributed by atoms with Crippen molar-refractivity contribution in [2.75, 3.05) is 0 Å². The summed E-state index contributed by atoms with van der Waals surface area (Å²) in [6, 6.07) is 12.1. The van der Waals surface area contributed by atoms with Crippen LogP contribution in [-0.4, -0.2) is 11.7 Å². The van der Waals surface area contributed by atoms with Gasteiger partial charge < -0.3 is 5.32 Å². The van der Waals surface area contributed by atoms with Gasteiger partial charge in [0.2, 0.25) is 0 Å². The van der Waals surface area contributed by atoms with E-state index in [1.54, 1.807) is 30.3 Å². The second kappa shape index (κ2) is 7.17. The molecule has 2 rings (SSSR count). The Kier molecular flexibility index (Phi) is 5.27. The maximum absolute atomic E-state index is 13.4. The van der Waals surface area contributed by atoms with E-state index < -0.39 is 17.5 Å². The lowest BCUT2D eigenvalue weighted by Crippen LogP contribution is -2.24. The molecule has 0 unspecified atom stereocenters. The molecule has 0 heterocycles. The number of halogens is 3. The number of thioether (sulfide) groups is 1. The van der Waals surface area contributed by atoms with Gasteiger partial charge in [-0.05, 0) is 18.2 Å². The van der Waals surface area contributed by atoms with Crippen molar-refractivity contribution in [1.29, 1.82) is 0 Å². The Morgan fingerprint density at radius 3 is 2.48 bits per heavy atom. The third kappa shape index (κ3) is 4.26. The Labute approximate surface area is 124 Å². The predicted octanol–water partition coefficient (Wildman–Crippen LogP) is 4.07. The van der Waals surface area contributed by atoms with Gasteiger partial charge in [0.05, 0.1) is 5.56 Å². The Morgan fingerprint density at radius 1 is 1.10 bits per heavy atom. The average molecular weight is 311 g/mol. The van der Waals surface area contributed by atoms with Crippen molar-refractivity contribution in [3.63, 3.8) is 0 Å². The van der Waals surface area contributed by atoms with Crippen LogP contribution in [0.4, 0.5) is 13.2 Å². The molecule has 21 heavy (non-hydrogen) atoms. The molecule has 2 nitrogen and oxygen atoms in total. The minimum absolute atomic E-state index is 0.000807. The number of hydrogen-bond donors (Lipinski definition) is 1. The van der Waals surface area contributed by atoms with Crippen LogP contribution in [0.15, 0.2) is 53.4 Å². The number of carbonyl (C=O) groups excluding carboxylic acids is 1. The van der Waals surface area contributed by atoms with Crippen molar-refractivity contribution < 1.29 is 18.0 Å². The van der Waals surface area contributed by atoms with Crippen molar-refractivity contribution in [1.82, 2.24) is 5.32 Å². The van der Waals surface area contributed by atoms with Gasteiger partial charge in [-0.1, -0.05) is 42.1 Å². The van der Waals surface area contributed by atoms with Crippen LogP contribution < -0.4 is 5.32 Å². The minimum Gasteiger partial charge on any atom is -0.348 e. The highest BCUT2D eigenvalue weighted by atomic mass is 32.2. The van der Waals surface area contributed by atoms with Crippen LogP contribution in [0.2, 0.25) is 0 Å². The molecular weight excluding hydrogens is 299 g/mol. The number of benzene rings is 2. The number of rotatable bonds is 5. The normalized spacial score (nSPS) is 10.7. The molecule has 0 saturated heterocycles. The lowest BCUT2D eigenvalue weighted by molar-refractivity contribution is 0.0947. The van der Waals surface area contributed by atoms with Crippen molar-refractivity contribution in [3.05, 3.63) is 65.5 Å². The first kappa shape index (κ1) is 15.4. The number of amides is 1. The fraction of sp³-hybridized carbons (Fsp3) is 0.133. The third-order valence-electron chi connectivity index (χ3n) is 2.74. The first-order valence-electron chi connectivity index (χ1n) is 6.13. The lowest BCUT2D eigenvalue weighted by atomic mass is 10.2. The summed E-state index contributed by atoms with van der Waals surface area (Å²) in [5, 5.41) is 2.53. The molecule has 0 fully saturated rings.